The fourth-order valence-corrected chi connectivity index (χ4v) is 6.58. The number of Topliss-reactive ketones (excluding diaryl/α,β-unsaturated/α-hetero) is 2. The van der Waals surface area contributed by atoms with Gasteiger partial charge in [0.05, 0.1) is 12.2 Å². The van der Waals surface area contributed by atoms with E-state index in [9.17, 15) is 38.7 Å². The van der Waals surface area contributed by atoms with E-state index in [0.29, 0.717) is 24.8 Å². The number of nitrogens with one attached hydrogen (secondary N) is 3. The molecule has 1 saturated heterocycles. The standard InChI is InChI=1S/C39H54N6O8/c1-8-13-27(32(47)36(50)43-28(38(52)53)20-24-14-11-10-12-15-24)42-35(49)31-25(9-2)16-19-45(31)37(51)33(39(5,6)7)44-34(48)26(23(3)4)21-30(46)29-22-40-17-18-41-29/h10-12,14-15,17-18,22-23,25-28,31,33H,8-9,13,16,19-21H2,1-7H3,(H,42,49)(H,43,50)(H,44,48)(H,52,53)/t25-,26-,27?,28-,31-,33+/m0/s1. The van der Waals surface area contributed by atoms with E-state index in [2.05, 4.69) is 25.9 Å². The van der Waals surface area contributed by atoms with Crippen LogP contribution < -0.4 is 16.0 Å². The van der Waals surface area contributed by atoms with Gasteiger partial charge in [-0.15, -0.1) is 0 Å². The van der Waals surface area contributed by atoms with E-state index >= 15 is 0 Å². The topological polar surface area (TPSA) is 205 Å². The number of aliphatic carboxylic acids is 1. The normalized spacial score (nSPS) is 18.0. The Morgan fingerprint density at radius 1 is 0.943 bits per heavy atom. The highest BCUT2D eigenvalue weighted by Crippen LogP contribution is 2.32. The first-order valence-corrected chi connectivity index (χ1v) is 18.3. The highest BCUT2D eigenvalue weighted by atomic mass is 16.4. The summed E-state index contributed by atoms with van der Waals surface area (Å²) in [6.45, 7) is 12.9. The van der Waals surface area contributed by atoms with Crippen LogP contribution in [-0.4, -0.2) is 91.9 Å². The van der Waals surface area contributed by atoms with E-state index in [4.69, 9.17) is 0 Å². The predicted molar refractivity (Wildman–Crippen MR) is 196 cm³/mol. The lowest BCUT2D eigenvalue weighted by molar-refractivity contribution is -0.147. The van der Waals surface area contributed by atoms with E-state index in [1.165, 1.54) is 23.5 Å². The minimum Gasteiger partial charge on any atom is -0.480 e. The lowest BCUT2D eigenvalue weighted by atomic mass is 9.83. The molecule has 6 atom stereocenters. The number of hydrogen-bond donors (Lipinski definition) is 4. The molecule has 2 heterocycles. The number of carbonyl (C=O) groups is 7. The minimum atomic E-state index is -1.37. The number of amides is 4. The zero-order valence-electron chi connectivity index (χ0n) is 31.8. The lowest BCUT2D eigenvalue weighted by Crippen LogP contribution is -2.60. The summed E-state index contributed by atoms with van der Waals surface area (Å²) in [7, 11) is 0. The van der Waals surface area contributed by atoms with Gasteiger partial charge in [-0.25, -0.2) is 9.78 Å². The number of likely N-dealkylation sites (tertiary alicyclic amines) is 1. The van der Waals surface area contributed by atoms with Gasteiger partial charge in [0.25, 0.3) is 5.91 Å². The molecule has 53 heavy (non-hydrogen) atoms. The van der Waals surface area contributed by atoms with Crippen LogP contribution in [0.5, 0.6) is 0 Å². The number of rotatable bonds is 18. The van der Waals surface area contributed by atoms with Gasteiger partial charge in [-0.2, -0.15) is 0 Å². The zero-order chi connectivity index (χ0) is 39.5. The first-order chi connectivity index (χ1) is 25.0. The van der Waals surface area contributed by atoms with Gasteiger partial charge in [0.1, 0.15) is 23.8 Å². The van der Waals surface area contributed by atoms with Gasteiger partial charge in [-0.05, 0) is 35.7 Å². The SMILES string of the molecule is CCCC(NC(=O)[C@@H]1[C@@H](CC)CCN1C(=O)[C@@H](NC(=O)[C@@H](CC(=O)c1cnccn1)C(C)C)C(C)(C)C)C(=O)C(=O)N[C@@H](Cc1ccccc1)C(=O)O. The van der Waals surface area contributed by atoms with Crippen molar-refractivity contribution < 1.29 is 38.7 Å². The predicted octanol–water partition coefficient (Wildman–Crippen LogP) is 3.15. The molecule has 0 radical (unpaired) electrons. The summed E-state index contributed by atoms with van der Waals surface area (Å²) in [6.07, 6.45) is 5.58. The van der Waals surface area contributed by atoms with Crippen LogP contribution >= 0.6 is 0 Å². The third-order valence-electron chi connectivity index (χ3n) is 9.71. The molecule has 1 unspecified atom stereocenters. The van der Waals surface area contributed by atoms with Crippen LogP contribution in [0, 0.1) is 23.2 Å². The van der Waals surface area contributed by atoms with Gasteiger partial charge in [-0.1, -0.05) is 91.6 Å². The second-order valence-electron chi connectivity index (χ2n) is 15.1. The van der Waals surface area contributed by atoms with Crippen LogP contribution in [-0.2, 0) is 35.2 Å². The molecule has 2 aromatic rings. The van der Waals surface area contributed by atoms with Gasteiger partial charge in [0, 0.05) is 37.7 Å². The van der Waals surface area contributed by atoms with Gasteiger partial charge in [0.2, 0.25) is 23.5 Å². The van der Waals surface area contributed by atoms with E-state index < -0.39 is 70.9 Å². The fourth-order valence-electron chi connectivity index (χ4n) is 6.58. The Kier molecular flexibility index (Phi) is 15.3. The van der Waals surface area contributed by atoms with Crippen LogP contribution in [0.25, 0.3) is 0 Å². The van der Waals surface area contributed by atoms with Crippen molar-refractivity contribution in [2.75, 3.05) is 6.54 Å². The Bertz CT molecular complexity index is 1610. The summed E-state index contributed by atoms with van der Waals surface area (Å²) in [6, 6.07) is 3.98. The van der Waals surface area contributed by atoms with Crippen molar-refractivity contribution in [3.05, 3.63) is 60.2 Å². The Hall–Kier alpha value is -5.01. The van der Waals surface area contributed by atoms with E-state index in [1.807, 2.05) is 20.8 Å². The summed E-state index contributed by atoms with van der Waals surface area (Å²) in [4.78, 5) is 103. The molecule has 288 valence electrons. The third kappa shape index (κ3) is 11.5. The molecule has 1 aromatic heterocycles. The van der Waals surface area contributed by atoms with Gasteiger partial charge < -0.3 is 26.0 Å². The molecule has 1 aromatic carbocycles. The molecular formula is C39H54N6O8. The molecule has 1 fully saturated rings. The number of nitrogens with zero attached hydrogens (tertiary/aromatic N) is 3. The molecule has 14 nitrogen and oxygen atoms in total. The van der Waals surface area contributed by atoms with Crippen molar-refractivity contribution in [3.8, 4) is 0 Å². The Labute approximate surface area is 311 Å². The third-order valence-corrected chi connectivity index (χ3v) is 9.71. The summed E-state index contributed by atoms with van der Waals surface area (Å²) in [5.41, 5.74) is -0.00638. The maximum Gasteiger partial charge on any atom is 0.326 e. The second kappa shape index (κ2) is 19.2. The first kappa shape index (κ1) is 42.4. The Morgan fingerprint density at radius 3 is 2.17 bits per heavy atom. The summed E-state index contributed by atoms with van der Waals surface area (Å²) in [5.74, 6) is -6.66. The molecule has 1 aliphatic heterocycles. The molecule has 0 bridgehead atoms. The van der Waals surface area contributed by atoms with E-state index in [0.717, 1.165) is 0 Å². The van der Waals surface area contributed by atoms with Crippen LogP contribution in [0.1, 0.15) is 96.6 Å². The molecule has 14 heteroatoms. The molecule has 4 amide bonds. The summed E-state index contributed by atoms with van der Waals surface area (Å²) < 4.78 is 0. The average molecular weight is 735 g/mol. The second-order valence-corrected chi connectivity index (χ2v) is 15.1. The number of benzene rings is 1. The quantitative estimate of drug-likeness (QED) is 0.130. The van der Waals surface area contributed by atoms with Gasteiger partial charge >= 0.3 is 5.97 Å². The monoisotopic (exact) mass is 734 g/mol. The number of ketones is 2. The molecule has 0 aliphatic carbocycles. The van der Waals surface area contributed by atoms with E-state index in [1.54, 1.807) is 58.0 Å². The van der Waals surface area contributed by atoms with Crippen LogP contribution in [0.2, 0.25) is 0 Å². The van der Waals surface area contributed by atoms with Crippen LogP contribution in [0.4, 0.5) is 0 Å². The summed E-state index contributed by atoms with van der Waals surface area (Å²) >= 11 is 0. The van der Waals surface area contributed by atoms with Crippen molar-refractivity contribution in [3.63, 3.8) is 0 Å². The van der Waals surface area contributed by atoms with Crippen LogP contribution in [0.15, 0.2) is 48.9 Å². The minimum absolute atomic E-state index is 0.0429. The average Bonchev–Trinajstić information content (AvgIpc) is 3.56. The molecule has 4 N–H and O–H groups in total. The van der Waals surface area contributed by atoms with Gasteiger partial charge in [-0.3, -0.25) is 33.8 Å². The molecule has 0 spiro atoms. The van der Waals surface area contributed by atoms with Crippen molar-refractivity contribution in [1.82, 2.24) is 30.8 Å². The molecular weight excluding hydrogens is 680 g/mol. The highest BCUT2D eigenvalue weighted by molar-refractivity contribution is 6.38. The highest BCUT2D eigenvalue weighted by Gasteiger charge is 2.47. The van der Waals surface area contributed by atoms with Crippen molar-refractivity contribution in [2.24, 2.45) is 23.2 Å². The number of carboxylic acids is 1. The number of carboxylic acid groups (broad SMARTS) is 1. The van der Waals surface area contributed by atoms with Crippen molar-refractivity contribution in [2.45, 2.75) is 111 Å². The molecule has 1 aliphatic rings. The first-order valence-electron chi connectivity index (χ1n) is 18.3. The number of hydrogen-bond acceptors (Lipinski definition) is 9. The lowest BCUT2D eigenvalue weighted by Gasteiger charge is -2.37. The smallest absolute Gasteiger partial charge is 0.326 e. The maximum absolute atomic E-state index is 14.4. The summed E-state index contributed by atoms with van der Waals surface area (Å²) in [5, 5.41) is 17.7. The van der Waals surface area contributed by atoms with Crippen molar-refractivity contribution >= 4 is 41.2 Å². The van der Waals surface area contributed by atoms with E-state index in [-0.39, 0.29) is 49.1 Å². The van der Waals surface area contributed by atoms with Crippen LogP contribution in [0.3, 0.4) is 0 Å². The maximum atomic E-state index is 14.4. The molecule has 0 saturated carbocycles. The largest absolute Gasteiger partial charge is 0.480 e. The fraction of sp³-hybridized carbons (Fsp3) is 0.564. The Morgan fingerprint density at radius 2 is 1.62 bits per heavy atom. The number of carbonyl (C=O) groups excluding carboxylic acids is 6. The number of aromatic nitrogens is 2. The zero-order valence-corrected chi connectivity index (χ0v) is 31.8. The molecule has 3 rings (SSSR count). The van der Waals surface area contributed by atoms with Crippen molar-refractivity contribution in [1.29, 1.82) is 0 Å². The Balaban J connectivity index is 1.80. The van der Waals surface area contributed by atoms with Gasteiger partial charge in [0.15, 0.2) is 5.78 Å².